The predicted molar refractivity (Wildman–Crippen MR) is 105 cm³/mol. The number of amides is 1. The molecule has 1 aromatic carbocycles. The molecule has 146 valence electrons. The fraction of sp³-hybridized carbons (Fsp3) is 0.708. The lowest BCUT2D eigenvalue weighted by atomic mass is 9.47. The van der Waals surface area contributed by atoms with Crippen LogP contribution in [0.15, 0.2) is 24.3 Å². The standard InChI is InChI=1S/C24H32FNO/c1-23-13-11-19-15(7-10-21-24(19,2)14-12-22(27)26-21)17(23)8-9-18(23)16-5-3-4-6-20(16)25/h3-6,15,17-19,21H,7-14H2,1-2H3,(H,26,27)/t15-,17-,18?,19+,21?,23-,24+/m0/s1. The maximum absolute atomic E-state index is 14.6. The van der Waals surface area contributed by atoms with Crippen LogP contribution in [-0.2, 0) is 4.79 Å². The van der Waals surface area contributed by atoms with Crippen LogP contribution in [-0.4, -0.2) is 11.9 Å². The summed E-state index contributed by atoms with van der Waals surface area (Å²) in [5, 5.41) is 3.31. The van der Waals surface area contributed by atoms with Crippen LogP contribution in [0.4, 0.5) is 4.39 Å². The summed E-state index contributed by atoms with van der Waals surface area (Å²) < 4.78 is 14.6. The lowest BCUT2D eigenvalue weighted by Gasteiger charge is -2.60. The van der Waals surface area contributed by atoms with E-state index in [2.05, 4.69) is 19.2 Å². The number of carbonyl (C=O) groups is 1. The number of nitrogens with one attached hydrogen (secondary N) is 1. The summed E-state index contributed by atoms with van der Waals surface area (Å²) in [5.74, 6) is 2.76. The Morgan fingerprint density at radius 3 is 2.56 bits per heavy atom. The van der Waals surface area contributed by atoms with Crippen molar-refractivity contribution >= 4 is 5.91 Å². The van der Waals surface area contributed by atoms with Crippen molar-refractivity contribution in [1.82, 2.24) is 5.32 Å². The number of fused-ring (bicyclic) bond motifs is 5. The smallest absolute Gasteiger partial charge is 0.220 e. The second-order valence-corrected chi connectivity index (χ2v) is 10.3. The molecule has 1 aromatic rings. The summed E-state index contributed by atoms with van der Waals surface area (Å²) in [7, 11) is 0. The van der Waals surface area contributed by atoms with Crippen molar-refractivity contribution in [2.45, 2.75) is 77.2 Å². The molecule has 0 bridgehead atoms. The van der Waals surface area contributed by atoms with Gasteiger partial charge < -0.3 is 5.32 Å². The summed E-state index contributed by atoms with van der Waals surface area (Å²) in [6.07, 6.45) is 8.90. The Morgan fingerprint density at radius 2 is 1.74 bits per heavy atom. The molecule has 5 rings (SSSR count). The van der Waals surface area contributed by atoms with Gasteiger partial charge in [0.1, 0.15) is 5.82 Å². The van der Waals surface area contributed by atoms with Gasteiger partial charge in [0.2, 0.25) is 5.91 Å². The second-order valence-electron chi connectivity index (χ2n) is 10.3. The van der Waals surface area contributed by atoms with E-state index in [-0.39, 0.29) is 22.6 Å². The van der Waals surface area contributed by atoms with E-state index in [0.717, 1.165) is 30.7 Å². The average Bonchev–Trinajstić information content (AvgIpc) is 3.00. The quantitative estimate of drug-likeness (QED) is 0.702. The molecule has 1 saturated heterocycles. The van der Waals surface area contributed by atoms with Crippen LogP contribution in [0.1, 0.15) is 76.7 Å². The first-order valence-corrected chi connectivity index (χ1v) is 11.0. The van der Waals surface area contributed by atoms with Crippen LogP contribution < -0.4 is 5.32 Å². The van der Waals surface area contributed by atoms with Crippen LogP contribution in [0.5, 0.6) is 0 Å². The van der Waals surface area contributed by atoms with Gasteiger partial charge in [-0.1, -0.05) is 32.0 Å². The molecule has 2 nitrogen and oxygen atoms in total. The van der Waals surface area contributed by atoms with Crippen molar-refractivity contribution in [3.63, 3.8) is 0 Å². The van der Waals surface area contributed by atoms with Crippen LogP contribution >= 0.6 is 0 Å². The topological polar surface area (TPSA) is 29.1 Å². The van der Waals surface area contributed by atoms with Gasteiger partial charge in [-0.3, -0.25) is 4.79 Å². The SMILES string of the molecule is C[C@]12CCC(=O)NC1CC[C@@H]1[C@H]2CC[C@]2(C)C(c3ccccc3F)CC[C@@H]12. The Morgan fingerprint density at radius 1 is 0.963 bits per heavy atom. The van der Waals surface area contributed by atoms with E-state index in [1.54, 1.807) is 6.07 Å². The number of rotatable bonds is 1. The van der Waals surface area contributed by atoms with E-state index in [1.165, 1.54) is 25.7 Å². The Balaban J connectivity index is 1.45. The summed E-state index contributed by atoms with van der Waals surface area (Å²) in [6.45, 7) is 4.90. The highest BCUT2D eigenvalue weighted by Crippen LogP contribution is 2.67. The fourth-order valence-corrected chi connectivity index (χ4v) is 7.97. The van der Waals surface area contributed by atoms with Crippen molar-refractivity contribution in [2.24, 2.45) is 28.6 Å². The maximum Gasteiger partial charge on any atom is 0.220 e. The Bertz CT molecular complexity index is 763. The van der Waals surface area contributed by atoms with Crippen LogP contribution in [0.3, 0.4) is 0 Å². The van der Waals surface area contributed by atoms with E-state index in [9.17, 15) is 9.18 Å². The Kier molecular flexibility index (Phi) is 3.97. The lowest BCUT2D eigenvalue weighted by molar-refractivity contribution is -0.136. The van der Waals surface area contributed by atoms with Gasteiger partial charge in [-0.05, 0) is 91.1 Å². The number of piperidine rings is 1. The van der Waals surface area contributed by atoms with Gasteiger partial charge in [-0.25, -0.2) is 4.39 Å². The third-order valence-electron chi connectivity index (χ3n) is 9.38. The maximum atomic E-state index is 14.6. The van der Waals surface area contributed by atoms with E-state index < -0.39 is 0 Å². The lowest BCUT2D eigenvalue weighted by Crippen LogP contribution is -2.60. The second kappa shape index (κ2) is 6.06. The van der Waals surface area contributed by atoms with Gasteiger partial charge in [0.25, 0.3) is 0 Å². The van der Waals surface area contributed by atoms with E-state index in [1.807, 2.05) is 18.2 Å². The van der Waals surface area contributed by atoms with Gasteiger partial charge in [0.15, 0.2) is 0 Å². The molecule has 0 spiro atoms. The normalized spacial score (nSPS) is 46.2. The molecule has 7 atom stereocenters. The molecule has 1 heterocycles. The van der Waals surface area contributed by atoms with Crippen molar-refractivity contribution in [1.29, 1.82) is 0 Å². The zero-order valence-electron chi connectivity index (χ0n) is 16.6. The Labute approximate surface area is 162 Å². The third-order valence-corrected chi connectivity index (χ3v) is 9.38. The molecule has 4 fully saturated rings. The minimum Gasteiger partial charge on any atom is -0.353 e. The van der Waals surface area contributed by atoms with E-state index in [4.69, 9.17) is 0 Å². The van der Waals surface area contributed by atoms with Crippen molar-refractivity contribution < 1.29 is 9.18 Å². The molecule has 3 saturated carbocycles. The van der Waals surface area contributed by atoms with E-state index in [0.29, 0.717) is 30.2 Å². The predicted octanol–water partition coefficient (Wildman–Crippen LogP) is 5.43. The number of carbonyl (C=O) groups excluding carboxylic acids is 1. The molecule has 1 aliphatic heterocycles. The average molecular weight is 370 g/mol. The molecule has 1 N–H and O–H groups in total. The molecule has 4 aliphatic rings. The number of hydrogen-bond donors (Lipinski definition) is 1. The van der Waals surface area contributed by atoms with Crippen LogP contribution in [0, 0.1) is 34.4 Å². The fourth-order valence-electron chi connectivity index (χ4n) is 7.97. The highest BCUT2D eigenvalue weighted by molar-refractivity contribution is 5.77. The third kappa shape index (κ3) is 2.46. The summed E-state index contributed by atoms with van der Waals surface area (Å²) >= 11 is 0. The summed E-state index contributed by atoms with van der Waals surface area (Å²) in [6, 6.07) is 7.83. The monoisotopic (exact) mass is 369 g/mol. The first-order valence-electron chi connectivity index (χ1n) is 11.0. The molecular weight excluding hydrogens is 337 g/mol. The highest BCUT2D eigenvalue weighted by Gasteiger charge is 2.60. The molecule has 1 amide bonds. The number of benzene rings is 1. The minimum absolute atomic E-state index is 0.0165. The van der Waals surface area contributed by atoms with E-state index >= 15 is 0 Å². The largest absolute Gasteiger partial charge is 0.353 e. The minimum atomic E-state index is -0.0165. The van der Waals surface area contributed by atoms with Crippen molar-refractivity contribution in [3.8, 4) is 0 Å². The van der Waals surface area contributed by atoms with Crippen LogP contribution in [0.2, 0.25) is 0 Å². The highest BCUT2D eigenvalue weighted by atomic mass is 19.1. The van der Waals surface area contributed by atoms with Gasteiger partial charge >= 0.3 is 0 Å². The summed E-state index contributed by atoms with van der Waals surface area (Å²) in [5.41, 5.74) is 1.43. The van der Waals surface area contributed by atoms with Gasteiger partial charge in [-0.2, -0.15) is 0 Å². The molecular formula is C24H32FNO. The van der Waals surface area contributed by atoms with Crippen molar-refractivity contribution in [2.75, 3.05) is 0 Å². The molecule has 0 radical (unpaired) electrons. The molecule has 3 aliphatic carbocycles. The molecule has 2 unspecified atom stereocenters. The first-order chi connectivity index (χ1) is 12.9. The van der Waals surface area contributed by atoms with Gasteiger partial charge in [0, 0.05) is 12.5 Å². The molecule has 0 aromatic heterocycles. The number of hydrogen-bond acceptors (Lipinski definition) is 1. The van der Waals surface area contributed by atoms with Crippen LogP contribution in [0.25, 0.3) is 0 Å². The van der Waals surface area contributed by atoms with Gasteiger partial charge in [0.05, 0.1) is 0 Å². The van der Waals surface area contributed by atoms with Crippen molar-refractivity contribution in [3.05, 3.63) is 35.6 Å². The zero-order chi connectivity index (χ0) is 18.8. The molecule has 27 heavy (non-hydrogen) atoms. The summed E-state index contributed by atoms with van der Waals surface area (Å²) in [4.78, 5) is 11.9. The Hall–Kier alpha value is -1.38. The zero-order valence-corrected chi connectivity index (χ0v) is 16.6. The van der Waals surface area contributed by atoms with Gasteiger partial charge in [-0.15, -0.1) is 0 Å². The number of halogens is 1. The molecule has 3 heteroatoms. The first kappa shape index (κ1) is 17.7.